The van der Waals surface area contributed by atoms with Gasteiger partial charge in [-0.2, -0.15) is 0 Å². The van der Waals surface area contributed by atoms with E-state index < -0.39 is 0 Å². The normalized spacial score (nSPS) is 17.0. The van der Waals surface area contributed by atoms with Crippen LogP contribution < -0.4 is 10.6 Å². The molecule has 1 fully saturated rings. The summed E-state index contributed by atoms with van der Waals surface area (Å²) in [6, 6.07) is 6.98. The molecule has 5 heteroatoms. The van der Waals surface area contributed by atoms with E-state index in [-0.39, 0.29) is 23.9 Å². The molecular weight excluding hydrogens is 269 g/mol. The molecule has 2 rings (SSSR count). The van der Waals surface area contributed by atoms with E-state index in [9.17, 15) is 9.18 Å². The highest BCUT2D eigenvalue weighted by molar-refractivity contribution is 5.74. The van der Waals surface area contributed by atoms with Gasteiger partial charge in [0.1, 0.15) is 5.82 Å². The van der Waals surface area contributed by atoms with Crippen molar-refractivity contribution in [2.75, 3.05) is 13.1 Å². The zero-order valence-corrected chi connectivity index (χ0v) is 12.7. The number of carbonyl (C=O) groups excluding carboxylic acids is 1. The highest BCUT2D eigenvalue weighted by atomic mass is 19.1. The lowest BCUT2D eigenvalue weighted by molar-refractivity contribution is 0.186. The Kier molecular flexibility index (Phi) is 5.56. The van der Waals surface area contributed by atoms with Crippen LogP contribution in [0.4, 0.5) is 9.18 Å². The van der Waals surface area contributed by atoms with Gasteiger partial charge in [0.15, 0.2) is 0 Å². The molecule has 1 aromatic carbocycles. The molecule has 1 aliphatic rings. The molecule has 0 aliphatic carbocycles. The summed E-state index contributed by atoms with van der Waals surface area (Å²) in [5.41, 5.74) is 1.13. The van der Waals surface area contributed by atoms with Crippen molar-refractivity contribution in [3.05, 3.63) is 35.6 Å². The number of benzene rings is 1. The summed E-state index contributed by atoms with van der Waals surface area (Å²) in [5.74, 6) is -0.196. The number of carbonyl (C=O) groups is 1. The molecule has 1 aromatic rings. The highest BCUT2D eigenvalue weighted by Gasteiger charge is 2.20. The lowest BCUT2D eigenvalue weighted by Gasteiger charge is -2.32. The lowest BCUT2D eigenvalue weighted by Crippen LogP contribution is -2.49. The molecule has 0 radical (unpaired) electrons. The first-order valence-electron chi connectivity index (χ1n) is 7.57. The van der Waals surface area contributed by atoms with Gasteiger partial charge < -0.3 is 10.6 Å². The van der Waals surface area contributed by atoms with Gasteiger partial charge in [0.05, 0.1) is 0 Å². The molecule has 0 spiro atoms. The maximum absolute atomic E-state index is 12.9. The van der Waals surface area contributed by atoms with Gasteiger partial charge in [-0.25, -0.2) is 9.18 Å². The van der Waals surface area contributed by atoms with E-state index in [1.807, 2.05) is 26.0 Å². The van der Waals surface area contributed by atoms with Crippen LogP contribution in [0.25, 0.3) is 0 Å². The van der Waals surface area contributed by atoms with Gasteiger partial charge in [-0.15, -0.1) is 0 Å². The fourth-order valence-electron chi connectivity index (χ4n) is 2.57. The van der Waals surface area contributed by atoms with Gasteiger partial charge in [0.25, 0.3) is 0 Å². The quantitative estimate of drug-likeness (QED) is 0.896. The molecule has 1 heterocycles. The van der Waals surface area contributed by atoms with Crippen molar-refractivity contribution in [2.45, 2.75) is 45.3 Å². The molecule has 0 atom stereocenters. The van der Waals surface area contributed by atoms with Crippen LogP contribution in [0.5, 0.6) is 0 Å². The largest absolute Gasteiger partial charge is 0.336 e. The summed E-state index contributed by atoms with van der Waals surface area (Å²) < 4.78 is 12.9. The minimum atomic E-state index is -0.196. The summed E-state index contributed by atoms with van der Waals surface area (Å²) >= 11 is 0. The molecule has 0 aromatic heterocycles. The summed E-state index contributed by atoms with van der Waals surface area (Å²) in [4.78, 5) is 14.0. The second-order valence-electron chi connectivity index (χ2n) is 5.95. The minimum absolute atomic E-state index is 0.0815. The molecule has 1 aliphatic heterocycles. The van der Waals surface area contributed by atoms with Crippen LogP contribution in [-0.2, 0) is 6.54 Å². The first-order valence-corrected chi connectivity index (χ1v) is 7.57. The summed E-state index contributed by atoms with van der Waals surface area (Å²) in [6.07, 6.45) is 1.90. The Balaban J connectivity index is 1.73. The number of nitrogens with one attached hydrogen (secondary N) is 2. The van der Waals surface area contributed by atoms with Gasteiger partial charge in [-0.1, -0.05) is 12.1 Å². The first kappa shape index (κ1) is 15.8. The van der Waals surface area contributed by atoms with E-state index in [2.05, 4.69) is 15.5 Å². The number of piperidine rings is 1. The zero-order chi connectivity index (χ0) is 15.2. The zero-order valence-electron chi connectivity index (χ0n) is 12.7. The van der Waals surface area contributed by atoms with Crippen LogP contribution in [0.15, 0.2) is 24.3 Å². The third-order valence-electron chi connectivity index (χ3n) is 3.66. The van der Waals surface area contributed by atoms with E-state index in [0.717, 1.165) is 38.0 Å². The van der Waals surface area contributed by atoms with Crippen molar-refractivity contribution in [2.24, 2.45) is 0 Å². The van der Waals surface area contributed by atoms with Gasteiger partial charge >= 0.3 is 6.03 Å². The summed E-state index contributed by atoms with van der Waals surface area (Å²) in [5, 5.41) is 5.86. The maximum atomic E-state index is 12.9. The Hall–Kier alpha value is -1.62. The van der Waals surface area contributed by atoms with Crippen LogP contribution in [0, 0.1) is 5.82 Å². The van der Waals surface area contributed by atoms with Crippen molar-refractivity contribution >= 4 is 6.03 Å². The van der Waals surface area contributed by atoms with Crippen LogP contribution in [-0.4, -0.2) is 36.1 Å². The molecule has 4 nitrogen and oxygen atoms in total. The fourth-order valence-corrected chi connectivity index (χ4v) is 2.57. The number of rotatable bonds is 4. The van der Waals surface area contributed by atoms with Crippen molar-refractivity contribution in [3.63, 3.8) is 0 Å². The van der Waals surface area contributed by atoms with E-state index in [1.165, 1.54) is 12.1 Å². The number of halogens is 1. The van der Waals surface area contributed by atoms with Gasteiger partial charge in [-0.3, -0.25) is 4.90 Å². The summed E-state index contributed by atoms with van der Waals surface area (Å²) in [6.45, 7) is 6.63. The molecule has 1 saturated heterocycles. The molecule has 0 unspecified atom stereocenters. The van der Waals surface area contributed by atoms with Crippen LogP contribution in [0.1, 0.15) is 32.3 Å². The average molecular weight is 293 g/mol. The van der Waals surface area contributed by atoms with Gasteiger partial charge in [0, 0.05) is 31.7 Å². The standard InChI is InChI=1S/C16H24FN3O/c1-12(2)18-16(21)19-15-7-9-20(10-8-15)11-13-3-5-14(17)6-4-13/h3-6,12,15H,7-11H2,1-2H3,(H2,18,19,21). The number of nitrogens with zero attached hydrogens (tertiary/aromatic N) is 1. The van der Waals surface area contributed by atoms with Crippen LogP contribution >= 0.6 is 0 Å². The second kappa shape index (κ2) is 7.41. The predicted octanol–water partition coefficient (Wildman–Crippen LogP) is 2.50. The minimum Gasteiger partial charge on any atom is -0.336 e. The maximum Gasteiger partial charge on any atom is 0.315 e. The molecule has 0 saturated carbocycles. The SMILES string of the molecule is CC(C)NC(=O)NC1CCN(Cc2ccc(F)cc2)CC1. The number of hydrogen-bond acceptors (Lipinski definition) is 2. The average Bonchev–Trinajstić information content (AvgIpc) is 2.42. The van der Waals surface area contributed by atoms with E-state index in [4.69, 9.17) is 0 Å². The Labute approximate surface area is 125 Å². The monoisotopic (exact) mass is 293 g/mol. The number of likely N-dealkylation sites (tertiary alicyclic amines) is 1. The fraction of sp³-hybridized carbons (Fsp3) is 0.562. The summed E-state index contributed by atoms with van der Waals surface area (Å²) in [7, 11) is 0. The molecule has 116 valence electrons. The number of hydrogen-bond donors (Lipinski definition) is 2. The van der Waals surface area contributed by atoms with Crippen molar-refractivity contribution in [1.29, 1.82) is 0 Å². The molecule has 0 bridgehead atoms. The topological polar surface area (TPSA) is 44.4 Å². The van der Waals surface area contributed by atoms with E-state index in [1.54, 1.807) is 0 Å². The second-order valence-corrected chi connectivity index (χ2v) is 5.95. The Morgan fingerprint density at radius 2 is 1.90 bits per heavy atom. The first-order chi connectivity index (χ1) is 10.0. The predicted molar refractivity (Wildman–Crippen MR) is 81.5 cm³/mol. The van der Waals surface area contributed by atoms with Crippen LogP contribution in [0.2, 0.25) is 0 Å². The highest BCUT2D eigenvalue weighted by Crippen LogP contribution is 2.14. The molecule has 2 amide bonds. The number of amides is 2. The van der Waals surface area contributed by atoms with Crippen molar-refractivity contribution < 1.29 is 9.18 Å². The van der Waals surface area contributed by atoms with E-state index >= 15 is 0 Å². The Morgan fingerprint density at radius 1 is 1.29 bits per heavy atom. The third-order valence-corrected chi connectivity index (χ3v) is 3.66. The van der Waals surface area contributed by atoms with Crippen molar-refractivity contribution in [1.82, 2.24) is 15.5 Å². The smallest absolute Gasteiger partial charge is 0.315 e. The Bertz CT molecular complexity index is 453. The molecule has 2 N–H and O–H groups in total. The van der Waals surface area contributed by atoms with Crippen LogP contribution in [0.3, 0.4) is 0 Å². The van der Waals surface area contributed by atoms with E-state index in [0.29, 0.717) is 0 Å². The lowest BCUT2D eigenvalue weighted by atomic mass is 10.0. The van der Waals surface area contributed by atoms with Gasteiger partial charge in [-0.05, 0) is 44.4 Å². The number of urea groups is 1. The third kappa shape index (κ3) is 5.34. The molecular formula is C16H24FN3O. The van der Waals surface area contributed by atoms with Gasteiger partial charge in [0.2, 0.25) is 0 Å². The molecule has 21 heavy (non-hydrogen) atoms. The van der Waals surface area contributed by atoms with Crippen molar-refractivity contribution in [3.8, 4) is 0 Å². The Morgan fingerprint density at radius 3 is 2.48 bits per heavy atom.